The lowest BCUT2D eigenvalue weighted by Crippen LogP contribution is -2.45. The summed E-state index contributed by atoms with van der Waals surface area (Å²) in [5.74, 6) is -0.779. The summed E-state index contributed by atoms with van der Waals surface area (Å²) in [6.07, 6.45) is 1.66. The highest BCUT2D eigenvalue weighted by molar-refractivity contribution is 9.10. The maximum Gasteiger partial charge on any atom is 0.243 e. The van der Waals surface area contributed by atoms with Crippen LogP contribution in [0.25, 0.3) is 10.2 Å². The van der Waals surface area contributed by atoms with Crippen molar-refractivity contribution < 1.29 is 17.6 Å². The van der Waals surface area contributed by atoms with Gasteiger partial charge in [-0.15, -0.1) is 0 Å². The van der Waals surface area contributed by atoms with Crippen molar-refractivity contribution in [1.82, 2.24) is 14.2 Å². The fourth-order valence-electron chi connectivity index (χ4n) is 4.17. The molecule has 0 saturated carbocycles. The Kier molecular flexibility index (Phi) is 8.22. The second kappa shape index (κ2) is 11.0. The van der Waals surface area contributed by atoms with Gasteiger partial charge in [0.15, 0.2) is 5.13 Å². The molecule has 1 aliphatic rings. The Balaban J connectivity index is 1.49. The van der Waals surface area contributed by atoms with Crippen LogP contribution in [0.5, 0.6) is 0 Å². The number of halogens is 2. The molecule has 0 atom stereocenters. The van der Waals surface area contributed by atoms with E-state index in [2.05, 4.69) is 20.8 Å². The molecule has 7 nitrogen and oxygen atoms in total. The molecule has 1 saturated heterocycles. The van der Waals surface area contributed by atoms with Gasteiger partial charge in [0.2, 0.25) is 15.9 Å². The molecule has 35 heavy (non-hydrogen) atoms. The summed E-state index contributed by atoms with van der Waals surface area (Å²) in [5.41, 5.74) is 0.846. The lowest BCUT2D eigenvalue weighted by molar-refractivity contribution is -0.123. The van der Waals surface area contributed by atoms with Crippen LogP contribution < -0.4 is 4.90 Å². The zero-order valence-corrected chi connectivity index (χ0v) is 22.9. The number of piperidine rings is 1. The van der Waals surface area contributed by atoms with Crippen LogP contribution in [-0.4, -0.2) is 68.8 Å². The van der Waals surface area contributed by atoms with Crippen molar-refractivity contribution in [3.63, 3.8) is 0 Å². The summed E-state index contributed by atoms with van der Waals surface area (Å²) in [6.45, 7) is 1.88. The lowest BCUT2D eigenvalue weighted by Gasteiger charge is -2.33. The van der Waals surface area contributed by atoms with Gasteiger partial charge in [-0.25, -0.2) is 17.8 Å². The number of amides is 1. The van der Waals surface area contributed by atoms with E-state index in [0.717, 1.165) is 39.8 Å². The van der Waals surface area contributed by atoms with Crippen LogP contribution in [0.3, 0.4) is 0 Å². The Hall–Kier alpha value is -1.92. The average molecular weight is 584 g/mol. The van der Waals surface area contributed by atoms with Crippen molar-refractivity contribution in [2.45, 2.75) is 24.2 Å². The summed E-state index contributed by atoms with van der Waals surface area (Å²) in [7, 11) is 0.273. The van der Waals surface area contributed by atoms with Gasteiger partial charge in [0.25, 0.3) is 0 Å². The normalized spacial score (nSPS) is 15.7. The van der Waals surface area contributed by atoms with Crippen molar-refractivity contribution in [2.24, 2.45) is 5.92 Å². The van der Waals surface area contributed by atoms with Gasteiger partial charge in [-0.3, -0.25) is 9.69 Å². The van der Waals surface area contributed by atoms with E-state index in [0.29, 0.717) is 24.5 Å². The van der Waals surface area contributed by atoms with Gasteiger partial charge in [-0.05, 0) is 82.4 Å². The number of sulfonamides is 1. The number of rotatable bonds is 8. The van der Waals surface area contributed by atoms with Crippen molar-refractivity contribution >= 4 is 58.5 Å². The van der Waals surface area contributed by atoms with E-state index in [1.54, 1.807) is 4.90 Å². The largest absolute Gasteiger partial charge is 0.309 e. The summed E-state index contributed by atoms with van der Waals surface area (Å²) in [6, 6.07) is 10.7. The fourth-order valence-corrected chi connectivity index (χ4v) is 7.18. The fraction of sp³-hybridized carbons (Fsp3) is 0.417. The maximum absolute atomic E-state index is 13.6. The topological polar surface area (TPSA) is 73.8 Å². The summed E-state index contributed by atoms with van der Waals surface area (Å²) < 4.78 is 42.5. The maximum atomic E-state index is 13.6. The number of carbonyl (C=O) groups excluding carboxylic acids is 1. The standard InChI is InChI=1S/C24H28BrFN4O3S2/c1-28(2)12-3-13-30(24-27-21-9-4-18(25)16-22(21)34-24)23(31)17-10-14-29(15-11-17)35(32,33)20-7-5-19(26)6-8-20/h4-9,16-17H,3,10-15H2,1-2H3. The molecule has 1 fully saturated rings. The first-order valence-electron chi connectivity index (χ1n) is 11.4. The molecule has 1 aliphatic heterocycles. The average Bonchev–Trinajstić information content (AvgIpc) is 3.24. The first-order valence-corrected chi connectivity index (χ1v) is 14.5. The summed E-state index contributed by atoms with van der Waals surface area (Å²) in [4.78, 5) is 22.3. The first kappa shape index (κ1) is 26.2. The molecule has 0 spiro atoms. The number of hydrogen-bond donors (Lipinski definition) is 0. The number of carbonyl (C=O) groups is 1. The molecule has 0 aliphatic carbocycles. The predicted molar refractivity (Wildman–Crippen MR) is 141 cm³/mol. The lowest BCUT2D eigenvalue weighted by atomic mass is 9.96. The molecule has 0 radical (unpaired) electrons. The van der Waals surface area contributed by atoms with Crippen LogP contribution in [0.2, 0.25) is 0 Å². The van der Waals surface area contributed by atoms with Gasteiger partial charge in [-0.1, -0.05) is 27.3 Å². The first-order chi connectivity index (χ1) is 16.6. The number of thiazole rings is 1. The number of hydrogen-bond acceptors (Lipinski definition) is 6. The highest BCUT2D eigenvalue weighted by Gasteiger charge is 2.35. The molecular weight excluding hydrogens is 555 g/mol. The molecule has 11 heteroatoms. The SMILES string of the molecule is CN(C)CCCN(C(=O)C1CCN(S(=O)(=O)c2ccc(F)cc2)CC1)c1nc2ccc(Br)cc2s1. The van der Waals surface area contributed by atoms with Gasteiger partial charge < -0.3 is 4.90 Å². The van der Waals surface area contributed by atoms with Crippen LogP contribution in [0.4, 0.5) is 9.52 Å². The molecule has 2 heterocycles. The third-order valence-electron chi connectivity index (χ3n) is 6.08. The molecule has 188 valence electrons. The van der Waals surface area contributed by atoms with E-state index in [-0.39, 0.29) is 29.8 Å². The molecule has 1 aromatic heterocycles. The molecule has 4 rings (SSSR count). The Morgan fingerprint density at radius 3 is 2.49 bits per heavy atom. The van der Waals surface area contributed by atoms with Gasteiger partial charge in [0.05, 0.1) is 15.1 Å². The number of anilines is 1. The van der Waals surface area contributed by atoms with Gasteiger partial charge in [0, 0.05) is 30.0 Å². The minimum Gasteiger partial charge on any atom is -0.309 e. The summed E-state index contributed by atoms with van der Waals surface area (Å²) in [5, 5.41) is 0.670. The highest BCUT2D eigenvalue weighted by atomic mass is 79.9. The predicted octanol–water partition coefficient (Wildman–Crippen LogP) is 4.58. The van der Waals surface area contributed by atoms with Gasteiger partial charge in [-0.2, -0.15) is 4.31 Å². The number of fused-ring (bicyclic) bond motifs is 1. The highest BCUT2D eigenvalue weighted by Crippen LogP contribution is 2.33. The van der Waals surface area contributed by atoms with E-state index in [1.807, 2.05) is 32.3 Å². The number of benzene rings is 2. The molecular formula is C24H28BrFN4O3S2. The van der Waals surface area contributed by atoms with Crippen LogP contribution in [0.15, 0.2) is 51.8 Å². The van der Waals surface area contributed by atoms with E-state index in [4.69, 9.17) is 4.98 Å². The molecule has 0 bridgehead atoms. The van der Waals surface area contributed by atoms with Crippen molar-refractivity contribution in [3.8, 4) is 0 Å². The Morgan fingerprint density at radius 1 is 1.14 bits per heavy atom. The van der Waals surface area contributed by atoms with Crippen LogP contribution in [0.1, 0.15) is 19.3 Å². The van der Waals surface area contributed by atoms with E-state index in [1.165, 1.54) is 27.8 Å². The molecule has 3 aromatic rings. The van der Waals surface area contributed by atoms with Gasteiger partial charge in [0.1, 0.15) is 5.82 Å². The van der Waals surface area contributed by atoms with Crippen molar-refractivity contribution in [2.75, 3.05) is 45.2 Å². The van der Waals surface area contributed by atoms with Crippen LogP contribution in [0, 0.1) is 11.7 Å². The number of aromatic nitrogens is 1. The van der Waals surface area contributed by atoms with Gasteiger partial charge >= 0.3 is 0 Å². The third-order valence-corrected chi connectivity index (χ3v) is 9.53. The zero-order chi connectivity index (χ0) is 25.2. The van der Waals surface area contributed by atoms with Crippen molar-refractivity contribution in [3.05, 3.63) is 52.8 Å². The molecule has 1 amide bonds. The minimum absolute atomic E-state index is 0.0132. The van der Waals surface area contributed by atoms with Crippen LogP contribution >= 0.6 is 27.3 Å². The molecule has 0 N–H and O–H groups in total. The van der Waals surface area contributed by atoms with E-state index < -0.39 is 15.8 Å². The molecule has 2 aromatic carbocycles. The molecule has 0 unspecified atom stereocenters. The Morgan fingerprint density at radius 2 is 1.83 bits per heavy atom. The number of nitrogens with zero attached hydrogens (tertiary/aromatic N) is 4. The minimum atomic E-state index is -3.72. The second-order valence-corrected chi connectivity index (χ2v) is 12.8. The summed E-state index contributed by atoms with van der Waals surface area (Å²) >= 11 is 4.98. The van der Waals surface area contributed by atoms with Crippen LogP contribution in [-0.2, 0) is 14.8 Å². The second-order valence-electron chi connectivity index (χ2n) is 8.89. The van der Waals surface area contributed by atoms with E-state index in [9.17, 15) is 17.6 Å². The van der Waals surface area contributed by atoms with E-state index >= 15 is 0 Å². The Labute approximate surface area is 217 Å². The third kappa shape index (κ3) is 6.08. The Bertz CT molecular complexity index is 1290. The van der Waals surface area contributed by atoms with Crippen molar-refractivity contribution in [1.29, 1.82) is 0 Å². The smallest absolute Gasteiger partial charge is 0.243 e. The monoisotopic (exact) mass is 582 g/mol. The zero-order valence-electron chi connectivity index (χ0n) is 19.7. The quantitative estimate of drug-likeness (QED) is 0.388.